The smallest absolute Gasteiger partial charge is 0.215 e. The number of pyridine rings is 1. The van der Waals surface area contributed by atoms with E-state index >= 15 is 0 Å². The van der Waals surface area contributed by atoms with Crippen molar-refractivity contribution in [3.05, 3.63) is 22.8 Å². The van der Waals surface area contributed by atoms with Gasteiger partial charge in [0.15, 0.2) is 0 Å². The van der Waals surface area contributed by atoms with Crippen LogP contribution in [-0.2, 0) is 0 Å². The molecular formula is C9H12ClNO2. The van der Waals surface area contributed by atoms with Crippen LogP contribution < -0.4 is 4.74 Å². The molecule has 13 heavy (non-hydrogen) atoms. The van der Waals surface area contributed by atoms with Crippen LogP contribution in [0.15, 0.2) is 12.1 Å². The van der Waals surface area contributed by atoms with Crippen LogP contribution in [0.5, 0.6) is 5.88 Å². The molecule has 0 saturated heterocycles. The predicted molar refractivity (Wildman–Crippen MR) is 51.2 cm³/mol. The first kappa shape index (κ1) is 10.3. The Balaban J connectivity index is 2.77. The summed E-state index contributed by atoms with van der Waals surface area (Å²) in [5, 5.41) is 9.15. The first-order valence-electron chi connectivity index (χ1n) is 4.03. The third-order valence-electron chi connectivity index (χ3n) is 1.49. The molecule has 0 aliphatic rings. The number of hydrogen-bond donors (Lipinski definition) is 1. The fourth-order valence-corrected chi connectivity index (χ4v) is 1.15. The zero-order valence-electron chi connectivity index (χ0n) is 7.62. The maximum absolute atomic E-state index is 8.75. The Kier molecular flexibility index (Phi) is 3.51. The van der Waals surface area contributed by atoms with Gasteiger partial charge in [0.25, 0.3) is 0 Å². The summed E-state index contributed by atoms with van der Waals surface area (Å²) in [5.74, 6) is 0.451. The van der Waals surface area contributed by atoms with E-state index in [0.717, 1.165) is 5.56 Å². The Morgan fingerprint density at radius 3 is 2.85 bits per heavy atom. The van der Waals surface area contributed by atoms with Crippen molar-refractivity contribution in [3.63, 3.8) is 0 Å². The highest BCUT2D eigenvalue weighted by molar-refractivity contribution is 6.29. The van der Waals surface area contributed by atoms with E-state index in [2.05, 4.69) is 4.98 Å². The van der Waals surface area contributed by atoms with Crippen molar-refractivity contribution in [2.24, 2.45) is 0 Å². The third-order valence-corrected chi connectivity index (χ3v) is 1.69. The van der Waals surface area contributed by atoms with Crippen molar-refractivity contribution in [1.29, 1.82) is 0 Å². The fraction of sp³-hybridized carbons (Fsp3) is 0.444. The highest BCUT2D eigenvalue weighted by atomic mass is 35.5. The van der Waals surface area contributed by atoms with Gasteiger partial charge >= 0.3 is 0 Å². The predicted octanol–water partition coefficient (Wildman–Crippen LogP) is 1.80. The van der Waals surface area contributed by atoms with Gasteiger partial charge in [0, 0.05) is 6.07 Å². The van der Waals surface area contributed by atoms with Crippen LogP contribution in [-0.4, -0.2) is 22.8 Å². The molecule has 1 aromatic rings. The Hall–Kier alpha value is -0.800. The summed E-state index contributed by atoms with van der Waals surface area (Å²) in [6.07, 6.45) is -0.259. The lowest BCUT2D eigenvalue weighted by atomic mass is 10.3. The molecule has 1 atom stereocenters. The highest BCUT2D eigenvalue weighted by Crippen LogP contribution is 2.16. The summed E-state index contributed by atoms with van der Waals surface area (Å²) in [6, 6.07) is 3.52. The molecule has 0 amide bonds. The van der Waals surface area contributed by atoms with Gasteiger partial charge in [-0.05, 0) is 25.5 Å². The zero-order chi connectivity index (χ0) is 9.84. The van der Waals surface area contributed by atoms with E-state index < -0.39 is 0 Å². The van der Waals surface area contributed by atoms with Gasteiger partial charge in [0.1, 0.15) is 11.3 Å². The standard InChI is InChI=1S/C9H12ClNO2/c1-6-3-8(10)11-9(4-6)13-7(2)5-12/h3-4,7,12H,5H2,1-2H3/t7-/m1/s1. The normalized spacial score (nSPS) is 12.6. The quantitative estimate of drug-likeness (QED) is 0.759. The van der Waals surface area contributed by atoms with Gasteiger partial charge in [-0.15, -0.1) is 0 Å². The second-order valence-electron chi connectivity index (χ2n) is 2.92. The van der Waals surface area contributed by atoms with Crippen molar-refractivity contribution in [2.75, 3.05) is 6.61 Å². The molecule has 0 aromatic carbocycles. The molecule has 1 N–H and O–H groups in total. The average molecular weight is 202 g/mol. The Morgan fingerprint density at radius 2 is 2.31 bits per heavy atom. The van der Waals surface area contributed by atoms with E-state index in [4.69, 9.17) is 21.4 Å². The molecule has 0 radical (unpaired) electrons. The second kappa shape index (κ2) is 4.44. The van der Waals surface area contributed by atoms with Crippen molar-refractivity contribution in [1.82, 2.24) is 4.98 Å². The van der Waals surface area contributed by atoms with Crippen LogP contribution in [0.3, 0.4) is 0 Å². The Bertz CT molecular complexity index is 271. The number of nitrogens with zero attached hydrogens (tertiary/aromatic N) is 1. The molecule has 72 valence electrons. The monoisotopic (exact) mass is 201 g/mol. The molecule has 0 aliphatic heterocycles. The van der Waals surface area contributed by atoms with Crippen molar-refractivity contribution >= 4 is 11.6 Å². The molecule has 0 fully saturated rings. The van der Waals surface area contributed by atoms with Crippen molar-refractivity contribution in [3.8, 4) is 5.88 Å². The van der Waals surface area contributed by atoms with Crippen LogP contribution in [0.4, 0.5) is 0 Å². The number of ether oxygens (including phenoxy) is 1. The minimum atomic E-state index is -0.259. The van der Waals surface area contributed by atoms with Crippen LogP contribution >= 0.6 is 11.6 Å². The molecular weight excluding hydrogens is 190 g/mol. The molecule has 0 aliphatic carbocycles. The van der Waals surface area contributed by atoms with E-state index in [-0.39, 0.29) is 12.7 Å². The average Bonchev–Trinajstić information content (AvgIpc) is 2.02. The van der Waals surface area contributed by atoms with Gasteiger partial charge in [0.2, 0.25) is 5.88 Å². The van der Waals surface area contributed by atoms with Crippen molar-refractivity contribution in [2.45, 2.75) is 20.0 Å². The van der Waals surface area contributed by atoms with E-state index in [1.807, 2.05) is 6.92 Å². The number of aliphatic hydroxyl groups excluding tert-OH is 1. The topological polar surface area (TPSA) is 42.4 Å². The van der Waals surface area contributed by atoms with E-state index in [9.17, 15) is 0 Å². The number of aromatic nitrogens is 1. The minimum absolute atomic E-state index is 0.0345. The van der Waals surface area contributed by atoms with Gasteiger partial charge in [-0.1, -0.05) is 11.6 Å². The zero-order valence-corrected chi connectivity index (χ0v) is 8.38. The summed E-state index contributed by atoms with van der Waals surface area (Å²) < 4.78 is 5.28. The number of halogens is 1. The Labute approximate surface area is 82.3 Å². The number of aryl methyl sites for hydroxylation is 1. The summed E-state index contributed by atoms with van der Waals surface area (Å²) >= 11 is 5.72. The number of aliphatic hydroxyl groups is 1. The fourth-order valence-electron chi connectivity index (χ4n) is 0.898. The molecule has 0 bridgehead atoms. The summed E-state index contributed by atoms with van der Waals surface area (Å²) in [5.41, 5.74) is 0.986. The third kappa shape index (κ3) is 3.20. The van der Waals surface area contributed by atoms with Gasteiger partial charge in [-0.25, -0.2) is 4.98 Å². The van der Waals surface area contributed by atoms with Crippen LogP contribution in [0.1, 0.15) is 12.5 Å². The maximum Gasteiger partial charge on any atom is 0.215 e. The van der Waals surface area contributed by atoms with Gasteiger partial charge in [-0.3, -0.25) is 0 Å². The van der Waals surface area contributed by atoms with Gasteiger partial charge < -0.3 is 9.84 Å². The second-order valence-corrected chi connectivity index (χ2v) is 3.30. The largest absolute Gasteiger partial charge is 0.472 e. The van der Waals surface area contributed by atoms with Crippen LogP contribution in [0, 0.1) is 6.92 Å². The van der Waals surface area contributed by atoms with Gasteiger partial charge in [0.05, 0.1) is 6.61 Å². The van der Waals surface area contributed by atoms with Crippen LogP contribution in [0.25, 0.3) is 0 Å². The first-order chi connectivity index (χ1) is 6.11. The molecule has 1 heterocycles. The molecule has 1 rings (SSSR count). The van der Waals surface area contributed by atoms with E-state index in [1.165, 1.54) is 0 Å². The highest BCUT2D eigenvalue weighted by Gasteiger charge is 2.04. The molecule has 0 unspecified atom stereocenters. The summed E-state index contributed by atoms with van der Waals surface area (Å²) in [6.45, 7) is 3.63. The first-order valence-corrected chi connectivity index (χ1v) is 4.41. The van der Waals surface area contributed by atoms with Crippen molar-refractivity contribution < 1.29 is 9.84 Å². The van der Waals surface area contributed by atoms with Gasteiger partial charge in [-0.2, -0.15) is 0 Å². The van der Waals surface area contributed by atoms with Crippen LogP contribution in [0.2, 0.25) is 5.15 Å². The molecule has 0 spiro atoms. The molecule has 0 saturated carbocycles. The lowest BCUT2D eigenvalue weighted by molar-refractivity contribution is 0.125. The lowest BCUT2D eigenvalue weighted by Gasteiger charge is -2.11. The molecule has 4 heteroatoms. The van der Waals surface area contributed by atoms with E-state index in [0.29, 0.717) is 11.0 Å². The number of hydrogen-bond acceptors (Lipinski definition) is 3. The number of rotatable bonds is 3. The SMILES string of the molecule is Cc1cc(Cl)nc(O[C@H](C)CO)c1. The minimum Gasteiger partial charge on any atom is -0.472 e. The van der Waals surface area contributed by atoms with E-state index in [1.54, 1.807) is 19.1 Å². The summed E-state index contributed by atoms with van der Waals surface area (Å²) in [4.78, 5) is 3.95. The summed E-state index contributed by atoms with van der Waals surface area (Å²) in [7, 11) is 0. The molecule has 3 nitrogen and oxygen atoms in total. The Morgan fingerprint density at radius 1 is 1.62 bits per heavy atom. The molecule has 1 aromatic heterocycles. The lowest BCUT2D eigenvalue weighted by Crippen LogP contribution is -2.16. The maximum atomic E-state index is 8.75.